The van der Waals surface area contributed by atoms with E-state index in [0.717, 1.165) is 19.6 Å². The Bertz CT molecular complexity index is 752. The number of amides is 1. The third kappa shape index (κ3) is 3.93. The first-order chi connectivity index (χ1) is 12.4. The van der Waals surface area contributed by atoms with Crippen LogP contribution in [0.2, 0.25) is 0 Å². The minimum absolute atomic E-state index is 0.0980. The van der Waals surface area contributed by atoms with E-state index in [9.17, 15) is 13.2 Å². The number of rotatable bonds is 4. The number of piperazine rings is 1. The number of hydrogen-bond acceptors (Lipinski definition) is 5. The molecule has 0 aromatic heterocycles. The molecule has 2 fully saturated rings. The second-order valence-electron chi connectivity index (χ2n) is 6.72. The lowest BCUT2D eigenvalue weighted by Gasteiger charge is -2.34. The van der Waals surface area contributed by atoms with Crippen LogP contribution in [0.4, 0.5) is 0 Å². The second-order valence-corrected chi connectivity index (χ2v) is 8.63. The number of ether oxygens (including phenoxy) is 1. The monoisotopic (exact) mass is 381 g/mol. The van der Waals surface area contributed by atoms with E-state index in [1.165, 1.54) is 10.4 Å². The summed E-state index contributed by atoms with van der Waals surface area (Å²) >= 11 is 0. The molecule has 0 spiro atoms. The van der Waals surface area contributed by atoms with Crippen molar-refractivity contribution in [3.05, 3.63) is 29.3 Å². The predicted molar refractivity (Wildman–Crippen MR) is 98.8 cm³/mol. The molecule has 3 rings (SSSR count). The molecule has 8 heteroatoms. The van der Waals surface area contributed by atoms with Crippen molar-refractivity contribution < 1.29 is 17.9 Å². The van der Waals surface area contributed by atoms with Crippen LogP contribution in [0.5, 0.6) is 0 Å². The molecule has 0 saturated carbocycles. The smallest absolute Gasteiger partial charge is 0.253 e. The quantitative estimate of drug-likeness (QED) is 0.771. The van der Waals surface area contributed by atoms with Gasteiger partial charge in [-0.05, 0) is 31.2 Å². The molecule has 0 aliphatic carbocycles. The largest absolute Gasteiger partial charge is 0.379 e. The highest BCUT2D eigenvalue weighted by molar-refractivity contribution is 7.89. The topological polar surface area (TPSA) is 70.2 Å². The fraction of sp³-hybridized carbons (Fsp3) is 0.611. The number of sulfonamides is 1. The highest BCUT2D eigenvalue weighted by Gasteiger charge is 2.29. The number of likely N-dealkylation sites (N-methyl/N-ethyl adjacent to an activating group) is 1. The van der Waals surface area contributed by atoms with E-state index in [2.05, 4.69) is 11.8 Å². The Labute approximate surface area is 155 Å². The van der Waals surface area contributed by atoms with Crippen molar-refractivity contribution in [3.8, 4) is 0 Å². The molecule has 26 heavy (non-hydrogen) atoms. The van der Waals surface area contributed by atoms with Gasteiger partial charge in [0.05, 0.1) is 18.1 Å². The molecule has 0 radical (unpaired) electrons. The summed E-state index contributed by atoms with van der Waals surface area (Å²) in [6.07, 6.45) is 0. The van der Waals surface area contributed by atoms with Crippen molar-refractivity contribution in [2.45, 2.75) is 18.7 Å². The van der Waals surface area contributed by atoms with Gasteiger partial charge in [0.2, 0.25) is 10.0 Å². The van der Waals surface area contributed by atoms with E-state index in [-0.39, 0.29) is 10.8 Å². The molecule has 7 nitrogen and oxygen atoms in total. The normalized spacial score (nSPS) is 20.3. The molecule has 0 bridgehead atoms. The third-order valence-electron chi connectivity index (χ3n) is 5.13. The summed E-state index contributed by atoms with van der Waals surface area (Å²) in [7, 11) is -3.62. The first-order valence-corrected chi connectivity index (χ1v) is 10.6. The van der Waals surface area contributed by atoms with E-state index in [1.54, 1.807) is 19.1 Å². The Morgan fingerprint density at radius 3 is 2.35 bits per heavy atom. The molecule has 2 aliphatic heterocycles. The molecule has 144 valence electrons. The summed E-state index contributed by atoms with van der Waals surface area (Å²) in [5.74, 6) is -0.0980. The van der Waals surface area contributed by atoms with E-state index in [0.29, 0.717) is 50.5 Å². The summed E-state index contributed by atoms with van der Waals surface area (Å²) in [5, 5.41) is 0. The highest BCUT2D eigenvalue weighted by Crippen LogP contribution is 2.23. The lowest BCUT2D eigenvalue weighted by Crippen LogP contribution is -2.48. The fourth-order valence-electron chi connectivity index (χ4n) is 3.39. The molecule has 0 unspecified atom stereocenters. The van der Waals surface area contributed by atoms with Gasteiger partial charge in [-0.2, -0.15) is 4.31 Å². The molecule has 2 saturated heterocycles. The van der Waals surface area contributed by atoms with Crippen LogP contribution >= 0.6 is 0 Å². The van der Waals surface area contributed by atoms with Crippen molar-refractivity contribution in [3.63, 3.8) is 0 Å². The molecule has 0 N–H and O–H groups in total. The van der Waals surface area contributed by atoms with Gasteiger partial charge in [-0.25, -0.2) is 8.42 Å². The van der Waals surface area contributed by atoms with Crippen LogP contribution in [0.15, 0.2) is 23.1 Å². The van der Waals surface area contributed by atoms with Crippen LogP contribution in [0.1, 0.15) is 22.8 Å². The zero-order chi connectivity index (χ0) is 18.7. The van der Waals surface area contributed by atoms with E-state index in [4.69, 9.17) is 4.74 Å². The maximum absolute atomic E-state index is 13.0. The van der Waals surface area contributed by atoms with Gasteiger partial charge in [-0.1, -0.05) is 13.0 Å². The van der Waals surface area contributed by atoms with Crippen molar-refractivity contribution in [2.24, 2.45) is 0 Å². The van der Waals surface area contributed by atoms with Gasteiger partial charge in [0.15, 0.2) is 0 Å². The van der Waals surface area contributed by atoms with Crippen LogP contribution in [0.25, 0.3) is 0 Å². The number of carbonyl (C=O) groups is 1. The Kier molecular flexibility index (Phi) is 5.96. The van der Waals surface area contributed by atoms with Gasteiger partial charge >= 0.3 is 0 Å². The zero-order valence-electron chi connectivity index (χ0n) is 15.5. The average Bonchev–Trinajstić information content (AvgIpc) is 2.68. The number of nitrogens with zero attached hydrogens (tertiary/aromatic N) is 3. The first kappa shape index (κ1) is 19.3. The van der Waals surface area contributed by atoms with Crippen LogP contribution in [0.3, 0.4) is 0 Å². The van der Waals surface area contributed by atoms with Gasteiger partial charge in [-0.3, -0.25) is 4.79 Å². The van der Waals surface area contributed by atoms with E-state index < -0.39 is 10.0 Å². The maximum atomic E-state index is 13.0. The van der Waals surface area contributed by atoms with Crippen LogP contribution < -0.4 is 0 Å². The lowest BCUT2D eigenvalue weighted by molar-refractivity contribution is 0.0643. The highest BCUT2D eigenvalue weighted by atomic mass is 32.2. The van der Waals surface area contributed by atoms with Gasteiger partial charge in [0.25, 0.3) is 5.91 Å². The van der Waals surface area contributed by atoms with Crippen molar-refractivity contribution in [2.75, 3.05) is 59.0 Å². The molecule has 0 atom stereocenters. The number of carbonyl (C=O) groups excluding carboxylic acids is 1. The van der Waals surface area contributed by atoms with Crippen molar-refractivity contribution in [1.29, 1.82) is 0 Å². The minimum Gasteiger partial charge on any atom is -0.379 e. The van der Waals surface area contributed by atoms with Gasteiger partial charge in [0.1, 0.15) is 0 Å². The average molecular weight is 381 g/mol. The van der Waals surface area contributed by atoms with Gasteiger partial charge in [0, 0.05) is 44.8 Å². The van der Waals surface area contributed by atoms with Gasteiger partial charge in [-0.15, -0.1) is 0 Å². The number of aryl methyl sites for hydroxylation is 1. The first-order valence-electron chi connectivity index (χ1n) is 9.13. The summed E-state index contributed by atoms with van der Waals surface area (Å²) in [4.78, 5) is 17.2. The third-order valence-corrected chi connectivity index (χ3v) is 7.17. The Morgan fingerprint density at radius 2 is 1.73 bits per heavy atom. The fourth-order valence-corrected chi connectivity index (χ4v) is 5.05. The minimum atomic E-state index is -3.62. The summed E-state index contributed by atoms with van der Waals surface area (Å²) in [6.45, 7) is 9.41. The molecular weight excluding hydrogens is 354 g/mol. The van der Waals surface area contributed by atoms with Crippen LogP contribution in [-0.2, 0) is 14.8 Å². The molecular formula is C18H27N3O4S. The molecule has 2 heterocycles. The molecule has 1 amide bonds. The van der Waals surface area contributed by atoms with E-state index >= 15 is 0 Å². The zero-order valence-corrected chi connectivity index (χ0v) is 16.3. The number of hydrogen-bond donors (Lipinski definition) is 0. The maximum Gasteiger partial charge on any atom is 0.253 e. The summed E-state index contributed by atoms with van der Waals surface area (Å²) < 4.78 is 32.6. The predicted octanol–water partition coefficient (Wildman–Crippen LogP) is 0.794. The molecule has 2 aliphatic rings. The second kappa shape index (κ2) is 8.04. The Hall–Kier alpha value is -1.48. The van der Waals surface area contributed by atoms with Crippen LogP contribution in [0, 0.1) is 6.92 Å². The Balaban J connectivity index is 1.82. The van der Waals surface area contributed by atoms with Crippen LogP contribution in [-0.4, -0.2) is 87.5 Å². The molecule has 1 aromatic carbocycles. The van der Waals surface area contributed by atoms with Gasteiger partial charge < -0.3 is 14.5 Å². The lowest BCUT2D eigenvalue weighted by atomic mass is 10.1. The van der Waals surface area contributed by atoms with Crippen molar-refractivity contribution in [1.82, 2.24) is 14.1 Å². The summed E-state index contributed by atoms with van der Waals surface area (Å²) in [5.41, 5.74) is 1.09. The number of benzene rings is 1. The Morgan fingerprint density at radius 1 is 1.08 bits per heavy atom. The van der Waals surface area contributed by atoms with E-state index in [1.807, 2.05) is 4.90 Å². The summed E-state index contributed by atoms with van der Waals surface area (Å²) in [6, 6.07) is 4.99. The number of morpholine rings is 1. The van der Waals surface area contributed by atoms with Crippen molar-refractivity contribution >= 4 is 15.9 Å². The molecule has 1 aromatic rings. The standard InChI is InChI=1S/C18H27N3O4S/c1-3-19-6-8-20(9-7-19)18(22)16-5-4-15(2)17(14-16)26(23,24)21-10-12-25-13-11-21/h4-5,14H,3,6-13H2,1-2H3. The SMILES string of the molecule is CCN1CCN(C(=O)c2ccc(C)c(S(=O)(=O)N3CCOCC3)c2)CC1.